The average molecular weight is 496 g/mol. The van der Waals surface area contributed by atoms with Crippen LogP contribution in [0.2, 0.25) is 0 Å². The molecule has 0 unspecified atom stereocenters. The van der Waals surface area contributed by atoms with E-state index in [9.17, 15) is 9.59 Å². The molecule has 2 amide bonds. The molecular formula is C28H25N5O4. The van der Waals surface area contributed by atoms with Gasteiger partial charge in [-0.3, -0.25) is 9.59 Å². The number of nitrogens with zero attached hydrogens (tertiary/aromatic N) is 4. The van der Waals surface area contributed by atoms with Crippen molar-refractivity contribution in [2.45, 2.75) is 32.2 Å². The fourth-order valence-electron chi connectivity index (χ4n) is 3.92. The van der Waals surface area contributed by atoms with E-state index in [1.165, 1.54) is 0 Å². The first-order valence-corrected chi connectivity index (χ1v) is 11.9. The minimum atomic E-state index is -0.346. The van der Waals surface area contributed by atoms with Gasteiger partial charge in [0.05, 0.1) is 23.3 Å². The molecule has 1 saturated heterocycles. The number of carbonyl (C=O) groups is 2. The number of nitriles is 2. The Hall–Kier alpha value is -4.89. The van der Waals surface area contributed by atoms with Gasteiger partial charge in [0.15, 0.2) is 0 Å². The van der Waals surface area contributed by atoms with Crippen LogP contribution < -0.4 is 14.8 Å². The molecule has 2 aromatic carbocycles. The third-order valence-electron chi connectivity index (χ3n) is 5.97. The molecule has 9 nitrogen and oxygen atoms in total. The van der Waals surface area contributed by atoms with Crippen LogP contribution in [0.1, 0.15) is 47.7 Å². The van der Waals surface area contributed by atoms with Gasteiger partial charge in [0.25, 0.3) is 5.91 Å². The molecule has 1 N–H and O–H groups in total. The molecule has 0 atom stereocenters. The zero-order chi connectivity index (χ0) is 26.2. The molecule has 186 valence electrons. The van der Waals surface area contributed by atoms with Crippen LogP contribution in [0.15, 0.2) is 60.7 Å². The topological polar surface area (TPSA) is 128 Å². The monoisotopic (exact) mass is 495 g/mol. The van der Waals surface area contributed by atoms with E-state index in [0.717, 1.165) is 0 Å². The molecule has 4 rings (SSSR count). The smallest absolute Gasteiger partial charge is 0.257 e. The van der Waals surface area contributed by atoms with Gasteiger partial charge in [-0.2, -0.15) is 15.5 Å². The molecule has 0 spiro atoms. The molecule has 37 heavy (non-hydrogen) atoms. The number of piperidine rings is 1. The molecule has 1 fully saturated rings. The number of pyridine rings is 1. The molecule has 0 bridgehead atoms. The Balaban J connectivity index is 1.54. The summed E-state index contributed by atoms with van der Waals surface area (Å²) in [5.74, 6) is 0.901. The summed E-state index contributed by atoms with van der Waals surface area (Å²) >= 11 is 0. The summed E-state index contributed by atoms with van der Waals surface area (Å²) in [6.07, 6.45) is 1.79. The number of ether oxygens (including phenoxy) is 2. The second-order valence-electron chi connectivity index (χ2n) is 8.46. The predicted molar refractivity (Wildman–Crippen MR) is 134 cm³/mol. The minimum absolute atomic E-state index is 0.0481. The highest BCUT2D eigenvalue weighted by atomic mass is 16.5. The van der Waals surface area contributed by atoms with Crippen LogP contribution in [0, 0.1) is 22.7 Å². The standard InChI is InChI=1S/C28H25N5O4/c1-2-26(34)33-15-13-21(14-16-33)31-27(35)24-11-12-25(36-22-7-3-19(17-29)4-8-22)32-28(24)37-23-9-5-20(18-30)6-10-23/h3-12,21H,2,13-16H2,1H3,(H,31,35). The number of hydrogen-bond donors (Lipinski definition) is 1. The maximum atomic E-state index is 13.2. The van der Waals surface area contributed by atoms with Gasteiger partial charge >= 0.3 is 0 Å². The lowest BCUT2D eigenvalue weighted by Gasteiger charge is -2.32. The fourth-order valence-corrected chi connectivity index (χ4v) is 3.92. The second-order valence-corrected chi connectivity index (χ2v) is 8.46. The van der Waals surface area contributed by atoms with E-state index in [1.54, 1.807) is 60.7 Å². The van der Waals surface area contributed by atoms with Crippen LogP contribution in [0.5, 0.6) is 23.3 Å². The molecule has 9 heteroatoms. The lowest BCUT2D eigenvalue weighted by atomic mass is 10.0. The van der Waals surface area contributed by atoms with Crippen molar-refractivity contribution in [1.29, 1.82) is 10.5 Å². The Kier molecular flexibility index (Phi) is 7.97. The van der Waals surface area contributed by atoms with Crippen molar-refractivity contribution in [2.24, 2.45) is 0 Å². The number of nitrogens with one attached hydrogen (secondary N) is 1. The van der Waals surface area contributed by atoms with Gasteiger partial charge in [0.2, 0.25) is 17.7 Å². The Morgan fingerprint density at radius 2 is 1.49 bits per heavy atom. The van der Waals surface area contributed by atoms with E-state index in [-0.39, 0.29) is 35.2 Å². The van der Waals surface area contributed by atoms with Gasteiger partial charge in [-0.25, -0.2) is 0 Å². The maximum Gasteiger partial charge on any atom is 0.257 e. The molecule has 1 aliphatic heterocycles. The molecule has 0 saturated carbocycles. The number of hydrogen-bond acceptors (Lipinski definition) is 7. The van der Waals surface area contributed by atoms with Gasteiger partial charge < -0.3 is 19.7 Å². The highest BCUT2D eigenvalue weighted by molar-refractivity contribution is 5.96. The van der Waals surface area contributed by atoms with Gasteiger partial charge in [-0.15, -0.1) is 0 Å². The highest BCUT2D eigenvalue weighted by Gasteiger charge is 2.25. The summed E-state index contributed by atoms with van der Waals surface area (Å²) in [4.78, 5) is 31.4. The molecule has 1 aliphatic rings. The highest BCUT2D eigenvalue weighted by Crippen LogP contribution is 2.29. The van der Waals surface area contributed by atoms with E-state index in [0.29, 0.717) is 55.0 Å². The largest absolute Gasteiger partial charge is 0.439 e. The second kappa shape index (κ2) is 11.7. The van der Waals surface area contributed by atoms with Crippen molar-refractivity contribution in [2.75, 3.05) is 13.1 Å². The minimum Gasteiger partial charge on any atom is -0.439 e. The summed E-state index contributed by atoms with van der Waals surface area (Å²) < 4.78 is 11.7. The zero-order valence-electron chi connectivity index (χ0n) is 20.3. The lowest BCUT2D eigenvalue weighted by Crippen LogP contribution is -2.46. The van der Waals surface area contributed by atoms with E-state index < -0.39 is 0 Å². The van der Waals surface area contributed by atoms with Crippen LogP contribution in [-0.4, -0.2) is 40.8 Å². The Morgan fingerprint density at radius 1 is 0.919 bits per heavy atom. The van der Waals surface area contributed by atoms with Crippen LogP contribution >= 0.6 is 0 Å². The van der Waals surface area contributed by atoms with Crippen LogP contribution in [0.3, 0.4) is 0 Å². The number of benzene rings is 2. The van der Waals surface area contributed by atoms with E-state index in [2.05, 4.69) is 22.4 Å². The van der Waals surface area contributed by atoms with Crippen molar-refractivity contribution >= 4 is 11.8 Å². The fraction of sp³-hybridized carbons (Fsp3) is 0.250. The van der Waals surface area contributed by atoms with Crippen LogP contribution in [0.4, 0.5) is 0 Å². The zero-order valence-corrected chi connectivity index (χ0v) is 20.3. The summed E-state index contributed by atoms with van der Waals surface area (Å²) in [7, 11) is 0. The maximum absolute atomic E-state index is 13.2. The van der Waals surface area contributed by atoms with Crippen LogP contribution in [-0.2, 0) is 4.79 Å². The van der Waals surface area contributed by atoms with Crippen molar-refractivity contribution in [1.82, 2.24) is 15.2 Å². The molecule has 0 aliphatic carbocycles. The van der Waals surface area contributed by atoms with Gasteiger partial charge in [-0.05, 0) is 67.4 Å². The van der Waals surface area contributed by atoms with Crippen molar-refractivity contribution < 1.29 is 19.1 Å². The number of aromatic nitrogens is 1. The van der Waals surface area contributed by atoms with Gasteiger partial charge in [-0.1, -0.05) is 6.92 Å². The van der Waals surface area contributed by atoms with Crippen molar-refractivity contribution in [3.05, 3.63) is 77.4 Å². The van der Waals surface area contributed by atoms with E-state index in [4.69, 9.17) is 20.0 Å². The number of likely N-dealkylation sites (tertiary alicyclic amines) is 1. The first kappa shape index (κ1) is 25.2. The lowest BCUT2D eigenvalue weighted by molar-refractivity contribution is -0.131. The number of carbonyl (C=O) groups excluding carboxylic acids is 2. The van der Waals surface area contributed by atoms with Crippen molar-refractivity contribution in [3.8, 4) is 35.4 Å². The first-order chi connectivity index (χ1) is 18.0. The summed E-state index contributed by atoms with van der Waals surface area (Å²) in [6.45, 7) is 3.04. The summed E-state index contributed by atoms with van der Waals surface area (Å²) in [5, 5.41) is 21.1. The van der Waals surface area contributed by atoms with E-state index >= 15 is 0 Å². The Labute approximate surface area is 214 Å². The van der Waals surface area contributed by atoms with E-state index in [1.807, 2.05) is 11.8 Å². The Morgan fingerprint density at radius 3 is 2.03 bits per heavy atom. The molecule has 3 aromatic rings. The third kappa shape index (κ3) is 6.41. The van der Waals surface area contributed by atoms with Gasteiger partial charge in [0.1, 0.15) is 17.1 Å². The van der Waals surface area contributed by atoms with Crippen LogP contribution in [0.25, 0.3) is 0 Å². The first-order valence-electron chi connectivity index (χ1n) is 11.9. The SMILES string of the molecule is CCC(=O)N1CCC(NC(=O)c2ccc(Oc3ccc(C#N)cc3)nc2Oc2ccc(C#N)cc2)CC1. The quantitative estimate of drug-likeness (QED) is 0.509. The molecule has 2 heterocycles. The summed E-state index contributed by atoms with van der Waals surface area (Å²) in [6, 6.07) is 20.2. The molecule has 0 radical (unpaired) electrons. The summed E-state index contributed by atoms with van der Waals surface area (Å²) in [5.41, 5.74) is 1.20. The number of rotatable bonds is 7. The predicted octanol–water partition coefficient (Wildman–Crippen LogP) is 4.54. The number of amides is 2. The van der Waals surface area contributed by atoms with Gasteiger partial charge in [0, 0.05) is 31.6 Å². The third-order valence-corrected chi connectivity index (χ3v) is 5.97. The molecular weight excluding hydrogens is 470 g/mol. The van der Waals surface area contributed by atoms with Crippen molar-refractivity contribution in [3.63, 3.8) is 0 Å². The average Bonchev–Trinajstić information content (AvgIpc) is 2.94. The normalized spacial score (nSPS) is 13.2. The molecule has 1 aromatic heterocycles. The Bertz CT molecular complexity index is 1350.